The van der Waals surface area contributed by atoms with Crippen molar-refractivity contribution in [1.82, 2.24) is 0 Å². The molecule has 0 nitrogen and oxygen atoms in total. The first kappa shape index (κ1) is 8.11. The molecule has 0 aliphatic heterocycles. The largest absolute Gasteiger partial charge is 0.270 e. The Hall–Kier alpha value is -0.990. The molecule has 0 bridgehead atoms. The summed E-state index contributed by atoms with van der Waals surface area (Å²) in [7, 11) is 0. The topological polar surface area (TPSA) is 0 Å². The van der Waals surface area contributed by atoms with Gasteiger partial charge in [-0.25, -0.2) is 13.2 Å². The lowest BCUT2D eigenvalue weighted by Crippen LogP contribution is -2.06. The van der Waals surface area contributed by atoms with E-state index in [9.17, 15) is 13.2 Å². The van der Waals surface area contributed by atoms with E-state index in [-0.39, 0.29) is 5.56 Å². The minimum Gasteiger partial charge on any atom is -0.207 e. The zero-order valence-electron chi connectivity index (χ0n) is 5.94. The van der Waals surface area contributed by atoms with E-state index in [1.165, 1.54) is 12.1 Å². The summed E-state index contributed by atoms with van der Waals surface area (Å²) in [4.78, 5) is 0. The van der Waals surface area contributed by atoms with Crippen molar-refractivity contribution in [3.63, 3.8) is 0 Å². The van der Waals surface area contributed by atoms with Gasteiger partial charge in [0, 0.05) is 12.5 Å². The van der Waals surface area contributed by atoms with Gasteiger partial charge in [-0.1, -0.05) is 12.1 Å². The fourth-order valence-corrected chi connectivity index (χ4v) is 0.762. The third-order valence-corrected chi connectivity index (χ3v) is 1.33. The molecule has 0 aromatic heterocycles. The van der Waals surface area contributed by atoms with Crippen molar-refractivity contribution in [2.24, 2.45) is 0 Å². The molecule has 0 saturated heterocycles. The highest BCUT2D eigenvalue weighted by Crippen LogP contribution is 2.26. The number of hydrogen-bond donors (Lipinski definition) is 0. The smallest absolute Gasteiger partial charge is 0.207 e. The zero-order chi connectivity index (χ0) is 8.48. The minimum absolute atomic E-state index is 0.294. The van der Waals surface area contributed by atoms with Gasteiger partial charge >= 0.3 is 0 Å². The van der Waals surface area contributed by atoms with E-state index >= 15 is 0 Å². The molecule has 0 saturated carbocycles. The van der Waals surface area contributed by atoms with E-state index in [4.69, 9.17) is 0 Å². The van der Waals surface area contributed by atoms with Crippen LogP contribution in [0, 0.1) is 5.82 Å². The molecule has 3 heteroatoms. The monoisotopic (exact) mass is 160 g/mol. The Morgan fingerprint density at radius 3 is 2.27 bits per heavy atom. The van der Waals surface area contributed by atoms with E-state index < -0.39 is 11.7 Å². The van der Waals surface area contributed by atoms with Crippen LogP contribution in [0.25, 0.3) is 0 Å². The van der Waals surface area contributed by atoms with E-state index in [0.29, 0.717) is 0 Å². The molecule has 1 rings (SSSR count). The summed E-state index contributed by atoms with van der Waals surface area (Å²) < 4.78 is 37.3. The van der Waals surface area contributed by atoms with E-state index in [1.807, 2.05) is 0 Å². The van der Waals surface area contributed by atoms with Gasteiger partial charge in [-0.2, -0.15) is 0 Å². The van der Waals surface area contributed by atoms with E-state index in [1.54, 1.807) is 0 Å². The average molecular weight is 160 g/mol. The molecule has 0 atom stereocenters. The number of benzene rings is 1. The SMILES string of the molecule is CC(F)(F)c1cccc(F)c1. The Balaban J connectivity index is 3.06. The van der Waals surface area contributed by atoms with Crippen molar-refractivity contribution in [3.05, 3.63) is 35.6 Å². The second-order valence-electron chi connectivity index (χ2n) is 2.40. The van der Waals surface area contributed by atoms with Gasteiger partial charge in [-0.05, 0) is 12.1 Å². The first-order valence-corrected chi connectivity index (χ1v) is 3.14. The third-order valence-electron chi connectivity index (χ3n) is 1.33. The summed E-state index contributed by atoms with van der Waals surface area (Å²) in [5.74, 6) is -3.59. The average Bonchev–Trinajstić information content (AvgIpc) is 1.86. The zero-order valence-corrected chi connectivity index (χ0v) is 5.94. The maximum atomic E-state index is 12.5. The van der Waals surface area contributed by atoms with Crippen LogP contribution in [-0.4, -0.2) is 0 Å². The summed E-state index contributed by atoms with van der Waals surface area (Å²) in [6.07, 6.45) is 0. The summed E-state index contributed by atoms with van der Waals surface area (Å²) in [5, 5.41) is 0. The Morgan fingerprint density at radius 2 is 1.91 bits per heavy atom. The van der Waals surface area contributed by atoms with Crippen molar-refractivity contribution in [2.45, 2.75) is 12.8 Å². The maximum Gasteiger partial charge on any atom is 0.270 e. The van der Waals surface area contributed by atoms with Crippen LogP contribution in [0.2, 0.25) is 0 Å². The van der Waals surface area contributed by atoms with Crippen LogP contribution in [0.15, 0.2) is 24.3 Å². The predicted molar refractivity (Wildman–Crippen MR) is 36.0 cm³/mol. The van der Waals surface area contributed by atoms with Gasteiger partial charge < -0.3 is 0 Å². The molecule has 0 radical (unpaired) electrons. The molecule has 0 unspecified atom stereocenters. The molecular weight excluding hydrogens is 153 g/mol. The van der Waals surface area contributed by atoms with Gasteiger partial charge in [-0.3, -0.25) is 0 Å². The van der Waals surface area contributed by atoms with Crippen LogP contribution < -0.4 is 0 Å². The van der Waals surface area contributed by atoms with Gasteiger partial charge in [0.25, 0.3) is 5.92 Å². The van der Waals surface area contributed by atoms with E-state index in [2.05, 4.69) is 0 Å². The Morgan fingerprint density at radius 1 is 1.27 bits per heavy atom. The Labute approximate surface area is 62.7 Å². The van der Waals surface area contributed by atoms with Crippen molar-refractivity contribution in [3.8, 4) is 0 Å². The second-order valence-corrected chi connectivity index (χ2v) is 2.40. The van der Waals surface area contributed by atoms with Crippen LogP contribution in [0.5, 0.6) is 0 Å². The number of rotatable bonds is 1. The van der Waals surface area contributed by atoms with Crippen LogP contribution in [-0.2, 0) is 5.92 Å². The minimum atomic E-state index is -2.96. The van der Waals surface area contributed by atoms with Crippen molar-refractivity contribution in [1.29, 1.82) is 0 Å². The van der Waals surface area contributed by atoms with Gasteiger partial charge in [0.05, 0.1) is 0 Å². The highest BCUT2D eigenvalue weighted by molar-refractivity contribution is 5.20. The fourth-order valence-electron chi connectivity index (χ4n) is 0.762. The van der Waals surface area contributed by atoms with Gasteiger partial charge in [0.1, 0.15) is 5.82 Å². The normalized spacial score (nSPS) is 11.6. The Bertz CT molecular complexity index is 250. The molecule has 60 valence electrons. The standard InChI is InChI=1S/C8H7F3/c1-8(10,11)6-3-2-4-7(9)5-6/h2-5H,1H3. The molecule has 0 aliphatic rings. The molecule has 0 fully saturated rings. The molecule has 0 heterocycles. The molecule has 0 aliphatic carbocycles. The van der Waals surface area contributed by atoms with Crippen LogP contribution in [0.4, 0.5) is 13.2 Å². The summed E-state index contributed by atoms with van der Waals surface area (Å²) in [5.41, 5.74) is -0.294. The number of halogens is 3. The number of hydrogen-bond acceptors (Lipinski definition) is 0. The third kappa shape index (κ3) is 1.97. The van der Waals surface area contributed by atoms with Gasteiger partial charge in [0.2, 0.25) is 0 Å². The molecule has 1 aromatic rings. The van der Waals surface area contributed by atoms with Gasteiger partial charge in [-0.15, -0.1) is 0 Å². The van der Waals surface area contributed by atoms with Crippen molar-refractivity contribution in [2.75, 3.05) is 0 Å². The first-order valence-electron chi connectivity index (χ1n) is 3.14. The summed E-state index contributed by atoms with van der Waals surface area (Å²) >= 11 is 0. The fraction of sp³-hybridized carbons (Fsp3) is 0.250. The lowest BCUT2D eigenvalue weighted by atomic mass is 10.1. The molecular formula is C8H7F3. The van der Waals surface area contributed by atoms with Crippen LogP contribution >= 0.6 is 0 Å². The highest BCUT2D eigenvalue weighted by atomic mass is 19.3. The van der Waals surface area contributed by atoms with Crippen molar-refractivity contribution >= 4 is 0 Å². The highest BCUT2D eigenvalue weighted by Gasteiger charge is 2.23. The molecule has 0 spiro atoms. The summed E-state index contributed by atoms with van der Waals surface area (Å²) in [6, 6.07) is 4.43. The van der Waals surface area contributed by atoms with Crippen LogP contribution in [0.3, 0.4) is 0 Å². The number of alkyl halides is 2. The maximum absolute atomic E-state index is 12.5. The molecule has 11 heavy (non-hydrogen) atoms. The van der Waals surface area contributed by atoms with Crippen LogP contribution in [0.1, 0.15) is 12.5 Å². The molecule has 0 amide bonds. The lowest BCUT2D eigenvalue weighted by Gasteiger charge is -2.09. The lowest BCUT2D eigenvalue weighted by molar-refractivity contribution is 0.0171. The first-order chi connectivity index (χ1) is 5.00. The summed E-state index contributed by atoms with van der Waals surface area (Å²) in [6.45, 7) is 0.738. The molecule has 1 aromatic carbocycles. The van der Waals surface area contributed by atoms with E-state index in [0.717, 1.165) is 19.1 Å². The van der Waals surface area contributed by atoms with Crippen molar-refractivity contribution < 1.29 is 13.2 Å². The predicted octanol–water partition coefficient (Wildman–Crippen LogP) is 2.94. The quantitative estimate of drug-likeness (QED) is 0.592. The second kappa shape index (κ2) is 2.57. The Kier molecular flexibility index (Phi) is 1.89. The molecule has 0 N–H and O–H groups in total. The van der Waals surface area contributed by atoms with Gasteiger partial charge in [0.15, 0.2) is 0 Å².